The Morgan fingerprint density at radius 1 is 1.10 bits per heavy atom. The molecule has 1 aromatic carbocycles. The first-order valence-electron chi connectivity index (χ1n) is 9.88. The highest BCUT2D eigenvalue weighted by Crippen LogP contribution is 2.27. The Kier molecular flexibility index (Phi) is 8.60. The summed E-state index contributed by atoms with van der Waals surface area (Å²) in [4.78, 5) is 25.3. The summed E-state index contributed by atoms with van der Waals surface area (Å²) < 4.78 is 40.5. The molecule has 3 N–H and O–H groups in total. The number of ether oxygens (including phenoxy) is 1. The number of rotatable bonds is 10. The van der Waals surface area contributed by atoms with E-state index in [-0.39, 0.29) is 31.3 Å². The maximum atomic E-state index is 12.6. The highest BCUT2D eigenvalue weighted by Gasteiger charge is 2.31. The fourth-order valence-corrected chi connectivity index (χ4v) is 3.46. The fourth-order valence-electron chi connectivity index (χ4n) is 3.46. The average molecular weight is 415 g/mol. The van der Waals surface area contributed by atoms with Crippen LogP contribution in [0.1, 0.15) is 51.4 Å². The number of nitrogens with zero attached hydrogens (tertiary/aromatic N) is 1. The van der Waals surface area contributed by atoms with Gasteiger partial charge in [0.05, 0.1) is 6.67 Å². The highest BCUT2D eigenvalue weighted by molar-refractivity contribution is 5.78. The molecule has 1 saturated carbocycles. The van der Waals surface area contributed by atoms with Gasteiger partial charge in [0.25, 0.3) is 0 Å². The number of nitrogens with two attached hydrogens (primary N) is 1. The molecule has 162 valence electrons. The summed E-state index contributed by atoms with van der Waals surface area (Å²) >= 11 is 0. The second-order valence-corrected chi connectivity index (χ2v) is 7.32. The number of hydrogen-bond acceptors (Lipinski definition) is 4. The number of anilines is 1. The number of halogens is 3. The maximum absolute atomic E-state index is 12.6. The van der Waals surface area contributed by atoms with Crippen molar-refractivity contribution in [3.8, 4) is 5.75 Å². The minimum atomic E-state index is -4.74. The lowest BCUT2D eigenvalue weighted by molar-refractivity contribution is -0.274. The predicted octanol–water partition coefficient (Wildman–Crippen LogP) is 4.02. The lowest BCUT2D eigenvalue weighted by Crippen LogP contribution is -2.38. The second-order valence-electron chi connectivity index (χ2n) is 7.32. The molecule has 1 aliphatic rings. The van der Waals surface area contributed by atoms with Gasteiger partial charge < -0.3 is 20.7 Å². The van der Waals surface area contributed by atoms with Crippen molar-refractivity contribution in [2.75, 3.05) is 18.5 Å². The van der Waals surface area contributed by atoms with Gasteiger partial charge in [0.1, 0.15) is 5.75 Å². The first-order valence-corrected chi connectivity index (χ1v) is 9.88. The van der Waals surface area contributed by atoms with Crippen LogP contribution in [0.25, 0.3) is 0 Å². The van der Waals surface area contributed by atoms with Crippen molar-refractivity contribution in [2.24, 2.45) is 11.7 Å². The third-order valence-electron chi connectivity index (χ3n) is 5.03. The minimum absolute atomic E-state index is 0.0508. The number of carbonyl (C=O) groups is 2. The van der Waals surface area contributed by atoms with Crippen molar-refractivity contribution in [3.63, 3.8) is 0 Å². The quantitative estimate of drug-likeness (QED) is 0.566. The molecule has 2 amide bonds. The third-order valence-corrected chi connectivity index (χ3v) is 5.03. The van der Waals surface area contributed by atoms with Crippen LogP contribution >= 0.6 is 0 Å². The summed E-state index contributed by atoms with van der Waals surface area (Å²) in [6.07, 6.45) is 2.52. The van der Waals surface area contributed by atoms with Gasteiger partial charge in [-0.2, -0.15) is 0 Å². The molecule has 1 fully saturated rings. The van der Waals surface area contributed by atoms with E-state index in [1.54, 1.807) is 0 Å². The summed E-state index contributed by atoms with van der Waals surface area (Å²) in [6.45, 7) is 0.331. The molecule has 0 radical (unpaired) electrons. The Bertz CT molecular complexity index is 659. The molecule has 0 bridgehead atoms. The van der Waals surface area contributed by atoms with Crippen molar-refractivity contribution >= 4 is 17.5 Å². The van der Waals surface area contributed by atoms with Gasteiger partial charge in [-0.15, -0.1) is 13.2 Å². The van der Waals surface area contributed by atoms with Crippen LogP contribution in [0.4, 0.5) is 18.9 Å². The Morgan fingerprint density at radius 3 is 2.34 bits per heavy atom. The van der Waals surface area contributed by atoms with Crippen LogP contribution in [0.3, 0.4) is 0 Å². The third kappa shape index (κ3) is 9.06. The van der Waals surface area contributed by atoms with Crippen molar-refractivity contribution in [1.29, 1.82) is 0 Å². The number of nitrogens with one attached hydrogen (secondary N) is 1. The molecule has 2 rings (SSSR count). The molecule has 0 saturated heterocycles. The van der Waals surface area contributed by atoms with E-state index in [0.29, 0.717) is 18.0 Å². The highest BCUT2D eigenvalue weighted by atomic mass is 19.4. The lowest BCUT2D eigenvalue weighted by atomic mass is 9.86. The van der Waals surface area contributed by atoms with Gasteiger partial charge >= 0.3 is 6.36 Å². The van der Waals surface area contributed by atoms with Crippen molar-refractivity contribution < 1.29 is 27.5 Å². The molecule has 1 aromatic rings. The number of benzene rings is 1. The zero-order valence-electron chi connectivity index (χ0n) is 16.3. The van der Waals surface area contributed by atoms with Gasteiger partial charge in [-0.3, -0.25) is 9.59 Å². The van der Waals surface area contributed by atoms with Crippen LogP contribution in [-0.4, -0.2) is 36.3 Å². The van der Waals surface area contributed by atoms with E-state index in [1.165, 1.54) is 48.4 Å². The SMILES string of the molecule is NC(=O)CCN(CNc1ccc(OC(F)(F)F)cc1)C(=O)CCC1CCCCC1. The lowest BCUT2D eigenvalue weighted by Gasteiger charge is -2.25. The summed E-state index contributed by atoms with van der Waals surface area (Å²) in [7, 11) is 0. The Labute approximate surface area is 168 Å². The van der Waals surface area contributed by atoms with Gasteiger partial charge in [0.2, 0.25) is 11.8 Å². The van der Waals surface area contributed by atoms with Gasteiger partial charge in [0.15, 0.2) is 0 Å². The average Bonchev–Trinajstić information content (AvgIpc) is 2.67. The Balaban J connectivity index is 1.87. The maximum Gasteiger partial charge on any atom is 0.573 e. The number of alkyl halides is 3. The van der Waals surface area contributed by atoms with E-state index >= 15 is 0 Å². The molecule has 0 aliphatic heterocycles. The number of carbonyl (C=O) groups excluding carboxylic acids is 2. The van der Waals surface area contributed by atoms with Crippen molar-refractivity contribution in [2.45, 2.75) is 57.7 Å². The molecule has 9 heteroatoms. The summed E-state index contributed by atoms with van der Waals surface area (Å²) in [5, 5.41) is 2.99. The largest absolute Gasteiger partial charge is 0.573 e. The second kappa shape index (κ2) is 10.9. The monoisotopic (exact) mass is 415 g/mol. The van der Waals surface area contributed by atoms with Crippen LogP contribution in [0.15, 0.2) is 24.3 Å². The van der Waals surface area contributed by atoms with E-state index in [0.717, 1.165) is 19.3 Å². The van der Waals surface area contributed by atoms with Crippen LogP contribution in [-0.2, 0) is 9.59 Å². The number of amides is 2. The van der Waals surface area contributed by atoms with E-state index in [1.807, 2.05) is 0 Å². The normalized spacial score (nSPS) is 15.0. The van der Waals surface area contributed by atoms with E-state index in [9.17, 15) is 22.8 Å². The summed E-state index contributed by atoms with van der Waals surface area (Å²) in [5.74, 6) is -0.317. The van der Waals surface area contributed by atoms with E-state index < -0.39 is 12.3 Å². The molecule has 0 unspecified atom stereocenters. The number of hydrogen-bond donors (Lipinski definition) is 2. The zero-order valence-corrected chi connectivity index (χ0v) is 16.3. The van der Waals surface area contributed by atoms with Crippen molar-refractivity contribution in [3.05, 3.63) is 24.3 Å². The van der Waals surface area contributed by atoms with E-state index in [4.69, 9.17) is 5.73 Å². The number of primary amides is 1. The molecule has 0 aromatic heterocycles. The van der Waals surface area contributed by atoms with Gasteiger partial charge in [-0.1, -0.05) is 32.1 Å². The smallest absolute Gasteiger partial charge is 0.406 e. The molecule has 29 heavy (non-hydrogen) atoms. The van der Waals surface area contributed by atoms with Gasteiger partial charge in [0, 0.05) is 25.1 Å². The first-order chi connectivity index (χ1) is 13.7. The molecule has 0 heterocycles. The standard InChI is InChI=1S/C20H28F3N3O3/c21-20(22,23)29-17-9-7-16(8-10-17)25-14-26(13-12-18(24)27)19(28)11-6-15-4-2-1-3-5-15/h7-10,15,25H,1-6,11-14H2,(H2,24,27). The van der Waals surface area contributed by atoms with Crippen LogP contribution in [0.2, 0.25) is 0 Å². The zero-order chi connectivity index (χ0) is 21.3. The molecule has 6 nitrogen and oxygen atoms in total. The Hall–Kier alpha value is -2.45. The van der Waals surface area contributed by atoms with Crippen LogP contribution < -0.4 is 15.8 Å². The molecule has 0 spiro atoms. The van der Waals surface area contributed by atoms with Gasteiger partial charge in [-0.25, -0.2) is 0 Å². The Morgan fingerprint density at radius 2 is 1.76 bits per heavy atom. The first kappa shape index (κ1) is 22.8. The molecule has 1 aliphatic carbocycles. The minimum Gasteiger partial charge on any atom is -0.406 e. The summed E-state index contributed by atoms with van der Waals surface area (Å²) in [5.41, 5.74) is 5.73. The van der Waals surface area contributed by atoms with Crippen LogP contribution in [0, 0.1) is 5.92 Å². The van der Waals surface area contributed by atoms with E-state index in [2.05, 4.69) is 10.1 Å². The molecular weight excluding hydrogens is 387 g/mol. The predicted molar refractivity (Wildman–Crippen MR) is 103 cm³/mol. The van der Waals surface area contributed by atoms with Gasteiger partial charge in [-0.05, 0) is 36.6 Å². The topological polar surface area (TPSA) is 84.7 Å². The van der Waals surface area contributed by atoms with Crippen molar-refractivity contribution in [1.82, 2.24) is 4.90 Å². The fraction of sp³-hybridized carbons (Fsp3) is 0.600. The molecule has 0 atom stereocenters. The molecular formula is C20H28F3N3O3. The summed E-state index contributed by atoms with van der Waals surface area (Å²) in [6, 6.07) is 5.24. The van der Waals surface area contributed by atoms with Crippen LogP contribution in [0.5, 0.6) is 5.75 Å².